The topological polar surface area (TPSA) is 50.1 Å². The summed E-state index contributed by atoms with van der Waals surface area (Å²) >= 11 is 0. The lowest BCUT2D eigenvalue weighted by atomic mass is 10.2. The summed E-state index contributed by atoms with van der Waals surface area (Å²) in [7, 11) is 0. The molecular formula is C12H23N3O. The van der Waals surface area contributed by atoms with Gasteiger partial charge in [0.1, 0.15) is 0 Å². The summed E-state index contributed by atoms with van der Waals surface area (Å²) < 4.78 is 2.13. The van der Waals surface area contributed by atoms with Crippen molar-refractivity contribution < 1.29 is 5.11 Å². The van der Waals surface area contributed by atoms with E-state index >= 15 is 0 Å². The first-order valence-electron chi connectivity index (χ1n) is 6.19. The monoisotopic (exact) mass is 225 g/mol. The predicted octanol–water partition coefficient (Wildman–Crippen LogP) is 1.55. The number of aliphatic hydroxyl groups is 1. The molecule has 0 atom stereocenters. The van der Waals surface area contributed by atoms with Crippen LogP contribution < -0.4 is 5.32 Å². The van der Waals surface area contributed by atoms with Crippen LogP contribution in [-0.2, 0) is 13.1 Å². The number of hydrogen-bond acceptors (Lipinski definition) is 3. The van der Waals surface area contributed by atoms with Gasteiger partial charge in [-0.1, -0.05) is 6.92 Å². The minimum Gasteiger partial charge on any atom is -0.396 e. The Bertz CT molecular complexity index is 273. The lowest BCUT2D eigenvalue weighted by molar-refractivity contribution is 0.282. The highest BCUT2D eigenvalue weighted by atomic mass is 16.2. The number of aromatic nitrogens is 2. The molecule has 0 aliphatic carbocycles. The second kappa shape index (κ2) is 8.30. The smallest absolute Gasteiger partial charge is 0.0949 e. The minimum atomic E-state index is 0.302. The second-order valence-electron chi connectivity index (χ2n) is 4.06. The summed E-state index contributed by atoms with van der Waals surface area (Å²) in [4.78, 5) is 4.34. The Morgan fingerprint density at radius 2 is 2.25 bits per heavy atom. The van der Waals surface area contributed by atoms with Gasteiger partial charge in [0.2, 0.25) is 0 Å². The van der Waals surface area contributed by atoms with E-state index in [4.69, 9.17) is 5.11 Å². The molecule has 0 aliphatic rings. The third-order valence-electron chi connectivity index (χ3n) is 2.49. The zero-order valence-electron chi connectivity index (χ0n) is 10.2. The lowest BCUT2D eigenvalue weighted by Crippen LogP contribution is -2.13. The van der Waals surface area contributed by atoms with Crippen LogP contribution >= 0.6 is 0 Å². The Hall–Kier alpha value is -0.870. The average Bonchev–Trinajstić information content (AvgIpc) is 2.73. The first-order chi connectivity index (χ1) is 7.86. The standard InChI is InChI=1S/C12H23N3O/c1-2-6-13-9-12-10-15(11-14-12)7-4-3-5-8-16/h10-11,13,16H,2-9H2,1H3. The molecule has 1 aromatic heterocycles. The van der Waals surface area contributed by atoms with Crippen molar-refractivity contribution in [2.45, 2.75) is 45.7 Å². The van der Waals surface area contributed by atoms with Crippen molar-refractivity contribution in [2.24, 2.45) is 0 Å². The number of nitrogens with zero attached hydrogens (tertiary/aromatic N) is 2. The molecule has 0 radical (unpaired) electrons. The predicted molar refractivity (Wildman–Crippen MR) is 65.2 cm³/mol. The number of imidazole rings is 1. The van der Waals surface area contributed by atoms with Gasteiger partial charge in [-0.25, -0.2) is 4.98 Å². The van der Waals surface area contributed by atoms with Crippen molar-refractivity contribution in [2.75, 3.05) is 13.2 Å². The van der Waals surface area contributed by atoms with Gasteiger partial charge in [0.05, 0.1) is 12.0 Å². The number of nitrogens with one attached hydrogen (secondary N) is 1. The van der Waals surface area contributed by atoms with Crippen LogP contribution in [0.2, 0.25) is 0 Å². The van der Waals surface area contributed by atoms with Crippen LogP contribution in [0.25, 0.3) is 0 Å². The van der Waals surface area contributed by atoms with E-state index in [0.29, 0.717) is 6.61 Å². The van der Waals surface area contributed by atoms with E-state index < -0.39 is 0 Å². The molecule has 0 bridgehead atoms. The summed E-state index contributed by atoms with van der Waals surface area (Å²) in [5.74, 6) is 0. The lowest BCUT2D eigenvalue weighted by Gasteiger charge is -2.01. The summed E-state index contributed by atoms with van der Waals surface area (Å²) in [6.45, 7) is 5.37. The fraction of sp³-hybridized carbons (Fsp3) is 0.750. The molecule has 16 heavy (non-hydrogen) atoms. The molecule has 1 aromatic rings. The Morgan fingerprint density at radius 3 is 3.00 bits per heavy atom. The zero-order valence-corrected chi connectivity index (χ0v) is 10.2. The molecule has 0 unspecified atom stereocenters. The molecule has 0 aliphatic heterocycles. The van der Waals surface area contributed by atoms with E-state index in [2.05, 4.69) is 28.0 Å². The zero-order chi connectivity index (χ0) is 11.6. The molecule has 1 heterocycles. The Morgan fingerprint density at radius 1 is 1.38 bits per heavy atom. The SMILES string of the molecule is CCCNCc1cn(CCCCCO)cn1. The average molecular weight is 225 g/mol. The third kappa shape index (κ3) is 5.28. The van der Waals surface area contributed by atoms with Crippen LogP contribution in [0.5, 0.6) is 0 Å². The van der Waals surface area contributed by atoms with Crippen LogP contribution in [0.4, 0.5) is 0 Å². The van der Waals surface area contributed by atoms with Crippen molar-refractivity contribution in [3.8, 4) is 0 Å². The van der Waals surface area contributed by atoms with Crippen molar-refractivity contribution in [3.63, 3.8) is 0 Å². The largest absolute Gasteiger partial charge is 0.396 e. The first-order valence-corrected chi connectivity index (χ1v) is 6.19. The van der Waals surface area contributed by atoms with Gasteiger partial charge in [-0.2, -0.15) is 0 Å². The highest BCUT2D eigenvalue weighted by Crippen LogP contribution is 2.01. The Labute approximate surface area is 97.7 Å². The molecule has 2 N–H and O–H groups in total. The summed E-state index contributed by atoms with van der Waals surface area (Å²) in [6.07, 6.45) is 8.24. The van der Waals surface area contributed by atoms with Crippen LogP contribution in [0.15, 0.2) is 12.5 Å². The van der Waals surface area contributed by atoms with E-state index in [1.54, 1.807) is 0 Å². The van der Waals surface area contributed by atoms with Gasteiger partial charge in [-0.05, 0) is 32.2 Å². The summed E-state index contributed by atoms with van der Waals surface area (Å²) in [6, 6.07) is 0. The first kappa shape index (κ1) is 13.2. The van der Waals surface area contributed by atoms with Crippen LogP contribution in [0.1, 0.15) is 38.3 Å². The van der Waals surface area contributed by atoms with E-state index in [9.17, 15) is 0 Å². The molecule has 0 spiro atoms. The Kier molecular flexibility index (Phi) is 6.85. The van der Waals surface area contributed by atoms with Gasteiger partial charge in [-0.15, -0.1) is 0 Å². The van der Waals surface area contributed by atoms with Crippen LogP contribution in [0, 0.1) is 0 Å². The maximum Gasteiger partial charge on any atom is 0.0949 e. The van der Waals surface area contributed by atoms with E-state index in [-0.39, 0.29) is 0 Å². The second-order valence-corrected chi connectivity index (χ2v) is 4.06. The van der Waals surface area contributed by atoms with Gasteiger partial charge >= 0.3 is 0 Å². The minimum absolute atomic E-state index is 0.302. The fourth-order valence-corrected chi connectivity index (χ4v) is 1.60. The highest BCUT2D eigenvalue weighted by molar-refractivity contribution is 4.95. The fourth-order valence-electron chi connectivity index (χ4n) is 1.60. The van der Waals surface area contributed by atoms with E-state index in [0.717, 1.165) is 51.0 Å². The maximum absolute atomic E-state index is 8.66. The quantitative estimate of drug-likeness (QED) is 0.627. The van der Waals surface area contributed by atoms with Gasteiger partial charge in [0, 0.05) is 25.9 Å². The van der Waals surface area contributed by atoms with Gasteiger partial charge in [-0.3, -0.25) is 0 Å². The Balaban J connectivity index is 2.17. The van der Waals surface area contributed by atoms with Crippen molar-refractivity contribution in [3.05, 3.63) is 18.2 Å². The van der Waals surface area contributed by atoms with E-state index in [1.165, 1.54) is 0 Å². The van der Waals surface area contributed by atoms with Gasteiger partial charge < -0.3 is 15.0 Å². The number of hydrogen-bond donors (Lipinski definition) is 2. The number of unbranched alkanes of at least 4 members (excludes halogenated alkanes) is 2. The summed E-state index contributed by atoms with van der Waals surface area (Å²) in [5.41, 5.74) is 1.11. The molecule has 0 saturated carbocycles. The molecule has 4 nitrogen and oxygen atoms in total. The van der Waals surface area contributed by atoms with Crippen molar-refractivity contribution >= 4 is 0 Å². The van der Waals surface area contributed by atoms with Gasteiger partial charge in [0.15, 0.2) is 0 Å². The molecule has 1 rings (SSSR count). The van der Waals surface area contributed by atoms with Crippen molar-refractivity contribution in [1.82, 2.24) is 14.9 Å². The van der Waals surface area contributed by atoms with Crippen LogP contribution in [0.3, 0.4) is 0 Å². The molecule has 0 amide bonds. The molecule has 0 fully saturated rings. The molecule has 0 aromatic carbocycles. The normalized spacial score (nSPS) is 10.9. The number of aliphatic hydroxyl groups excluding tert-OH is 1. The van der Waals surface area contributed by atoms with Crippen LogP contribution in [-0.4, -0.2) is 27.8 Å². The van der Waals surface area contributed by atoms with Gasteiger partial charge in [0.25, 0.3) is 0 Å². The number of rotatable bonds is 9. The van der Waals surface area contributed by atoms with E-state index in [1.807, 2.05) is 6.33 Å². The maximum atomic E-state index is 8.66. The molecule has 4 heteroatoms. The third-order valence-corrected chi connectivity index (χ3v) is 2.49. The molecular weight excluding hydrogens is 202 g/mol. The molecule has 0 saturated heterocycles. The highest BCUT2D eigenvalue weighted by Gasteiger charge is 1.97. The molecule has 92 valence electrons. The summed E-state index contributed by atoms with van der Waals surface area (Å²) in [5, 5.41) is 12.0. The number of aryl methyl sites for hydroxylation is 1. The van der Waals surface area contributed by atoms with Crippen molar-refractivity contribution in [1.29, 1.82) is 0 Å².